The highest BCUT2D eigenvalue weighted by Crippen LogP contribution is 2.29. The third-order valence-electron chi connectivity index (χ3n) is 4.69. The molecule has 0 saturated carbocycles. The van der Waals surface area contributed by atoms with Crippen LogP contribution in [0.25, 0.3) is 22.7 Å². The SMILES string of the molecule is COc1cccc(C=Cc2ccc(-c3ccnc(Nc4cccc(C(C)O)c4)n3)s2)c1. The summed E-state index contributed by atoms with van der Waals surface area (Å²) in [4.78, 5) is 11.2. The normalized spacial score (nSPS) is 12.1. The fourth-order valence-electron chi connectivity index (χ4n) is 3.07. The molecule has 156 valence electrons. The second kappa shape index (κ2) is 9.55. The lowest BCUT2D eigenvalue weighted by Crippen LogP contribution is -1.99. The number of aliphatic hydroxyl groups excluding tert-OH is 1. The maximum absolute atomic E-state index is 9.78. The lowest BCUT2D eigenvalue weighted by atomic mass is 10.1. The number of aromatic nitrogens is 2. The topological polar surface area (TPSA) is 67.3 Å². The van der Waals surface area contributed by atoms with E-state index >= 15 is 0 Å². The van der Waals surface area contributed by atoms with Crippen LogP contribution in [0.3, 0.4) is 0 Å². The van der Waals surface area contributed by atoms with Crippen molar-refractivity contribution in [3.8, 4) is 16.3 Å². The van der Waals surface area contributed by atoms with Gasteiger partial charge in [-0.15, -0.1) is 11.3 Å². The van der Waals surface area contributed by atoms with Crippen LogP contribution in [0.5, 0.6) is 5.75 Å². The molecule has 2 heterocycles. The molecular formula is C25H23N3O2S. The summed E-state index contributed by atoms with van der Waals surface area (Å²) in [5.41, 5.74) is 3.62. The summed E-state index contributed by atoms with van der Waals surface area (Å²) in [6, 6.07) is 21.6. The molecule has 0 aliphatic heterocycles. The molecule has 6 heteroatoms. The Morgan fingerprint density at radius 2 is 1.90 bits per heavy atom. The average Bonchev–Trinajstić information content (AvgIpc) is 3.27. The van der Waals surface area contributed by atoms with Gasteiger partial charge in [0.05, 0.1) is 23.8 Å². The summed E-state index contributed by atoms with van der Waals surface area (Å²) in [6.07, 6.45) is 5.38. The quantitative estimate of drug-likeness (QED) is 0.367. The van der Waals surface area contributed by atoms with Crippen molar-refractivity contribution in [1.82, 2.24) is 9.97 Å². The van der Waals surface area contributed by atoms with Gasteiger partial charge in [-0.1, -0.05) is 30.3 Å². The van der Waals surface area contributed by atoms with Gasteiger partial charge in [-0.2, -0.15) is 0 Å². The van der Waals surface area contributed by atoms with Crippen molar-refractivity contribution in [2.75, 3.05) is 12.4 Å². The Labute approximate surface area is 185 Å². The summed E-state index contributed by atoms with van der Waals surface area (Å²) in [5.74, 6) is 1.36. The molecule has 0 aliphatic rings. The molecule has 31 heavy (non-hydrogen) atoms. The predicted molar refractivity (Wildman–Crippen MR) is 128 cm³/mol. The summed E-state index contributed by atoms with van der Waals surface area (Å²) in [7, 11) is 1.67. The first-order valence-corrected chi connectivity index (χ1v) is 10.7. The van der Waals surface area contributed by atoms with E-state index in [1.165, 1.54) is 0 Å². The number of benzene rings is 2. The maximum Gasteiger partial charge on any atom is 0.227 e. The van der Waals surface area contributed by atoms with E-state index in [-0.39, 0.29) is 0 Å². The van der Waals surface area contributed by atoms with Gasteiger partial charge in [0.1, 0.15) is 5.75 Å². The first-order valence-electron chi connectivity index (χ1n) is 9.91. The first-order chi connectivity index (χ1) is 15.1. The molecule has 2 aromatic carbocycles. The van der Waals surface area contributed by atoms with Crippen LogP contribution >= 0.6 is 11.3 Å². The fourth-order valence-corrected chi connectivity index (χ4v) is 3.95. The molecule has 0 fully saturated rings. The fraction of sp³-hybridized carbons (Fsp3) is 0.120. The highest BCUT2D eigenvalue weighted by atomic mass is 32.1. The van der Waals surface area contributed by atoms with E-state index < -0.39 is 6.10 Å². The first kappa shape index (κ1) is 20.8. The molecule has 2 aromatic heterocycles. The number of hydrogen-bond donors (Lipinski definition) is 2. The molecule has 4 aromatic rings. The van der Waals surface area contributed by atoms with Gasteiger partial charge in [-0.05, 0) is 66.6 Å². The van der Waals surface area contributed by atoms with E-state index in [2.05, 4.69) is 39.6 Å². The van der Waals surface area contributed by atoms with Crippen LogP contribution in [0.15, 0.2) is 72.9 Å². The Balaban J connectivity index is 1.50. The maximum atomic E-state index is 9.78. The van der Waals surface area contributed by atoms with Crippen LogP contribution in [-0.4, -0.2) is 22.2 Å². The molecule has 0 aliphatic carbocycles. The van der Waals surface area contributed by atoms with E-state index in [0.717, 1.165) is 38.0 Å². The summed E-state index contributed by atoms with van der Waals surface area (Å²) < 4.78 is 5.28. The zero-order valence-electron chi connectivity index (χ0n) is 17.3. The van der Waals surface area contributed by atoms with E-state index in [1.807, 2.05) is 54.6 Å². The van der Waals surface area contributed by atoms with Crippen LogP contribution in [0.1, 0.15) is 29.0 Å². The largest absolute Gasteiger partial charge is 0.497 e. The molecule has 0 spiro atoms. The lowest BCUT2D eigenvalue weighted by Gasteiger charge is -2.09. The molecule has 4 rings (SSSR count). The van der Waals surface area contributed by atoms with Crippen molar-refractivity contribution in [3.63, 3.8) is 0 Å². The van der Waals surface area contributed by atoms with Gasteiger partial charge < -0.3 is 15.2 Å². The van der Waals surface area contributed by atoms with Crippen LogP contribution in [0.2, 0.25) is 0 Å². The lowest BCUT2D eigenvalue weighted by molar-refractivity contribution is 0.199. The molecule has 1 unspecified atom stereocenters. The van der Waals surface area contributed by atoms with Crippen LogP contribution in [0, 0.1) is 0 Å². The zero-order chi connectivity index (χ0) is 21.6. The van der Waals surface area contributed by atoms with E-state index in [0.29, 0.717) is 5.95 Å². The molecule has 1 atom stereocenters. The van der Waals surface area contributed by atoms with Crippen molar-refractivity contribution < 1.29 is 9.84 Å². The minimum Gasteiger partial charge on any atom is -0.497 e. The molecule has 0 radical (unpaired) electrons. The van der Waals surface area contributed by atoms with Gasteiger partial charge in [0, 0.05) is 16.8 Å². The number of anilines is 2. The van der Waals surface area contributed by atoms with Crippen molar-refractivity contribution in [1.29, 1.82) is 0 Å². The van der Waals surface area contributed by atoms with Gasteiger partial charge in [0.25, 0.3) is 0 Å². The Kier molecular flexibility index (Phi) is 6.40. The van der Waals surface area contributed by atoms with Crippen molar-refractivity contribution >= 4 is 35.1 Å². The second-order valence-electron chi connectivity index (χ2n) is 7.00. The van der Waals surface area contributed by atoms with Crippen molar-refractivity contribution in [2.24, 2.45) is 0 Å². The predicted octanol–water partition coefficient (Wildman–Crippen LogP) is 6.18. The molecule has 2 N–H and O–H groups in total. The molecule has 0 saturated heterocycles. The Morgan fingerprint density at radius 3 is 2.74 bits per heavy atom. The number of nitrogens with one attached hydrogen (secondary N) is 1. The Hall–Kier alpha value is -3.48. The molecular weight excluding hydrogens is 406 g/mol. The number of nitrogens with zero attached hydrogens (tertiary/aromatic N) is 2. The Bertz CT molecular complexity index is 1200. The molecule has 5 nitrogen and oxygen atoms in total. The van der Waals surface area contributed by atoms with Gasteiger partial charge in [-0.25, -0.2) is 9.97 Å². The zero-order valence-corrected chi connectivity index (χ0v) is 18.1. The van der Waals surface area contributed by atoms with Gasteiger partial charge in [-0.3, -0.25) is 0 Å². The van der Waals surface area contributed by atoms with E-state index in [1.54, 1.807) is 31.6 Å². The van der Waals surface area contributed by atoms with Crippen LogP contribution in [-0.2, 0) is 0 Å². The number of methoxy groups -OCH3 is 1. The number of rotatable bonds is 7. The van der Waals surface area contributed by atoms with Gasteiger partial charge in [0.15, 0.2) is 0 Å². The number of hydrogen-bond acceptors (Lipinski definition) is 6. The summed E-state index contributed by atoms with van der Waals surface area (Å²) in [5, 5.41) is 13.0. The number of aliphatic hydroxyl groups is 1. The van der Waals surface area contributed by atoms with E-state index in [9.17, 15) is 5.11 Å². The highest BCUT2D eigenvalue weighted by Gasteiger charge is 2.07. The number of thiophene rings is 1. The van der Waals surface area contributed by atoms with Gasteiger partial charge in [0.2, 0.25) is 5.95 Å². The smallest absolute Gasteiger partial charge is 0.227 e. The van der Waals surface area contributed by atoms with E-state index in [4.69, 9.17) is 4.74 Å². The monoisotopic (exact) mass is 429 g/mol. The van der Waals surface area contributed by atoms with Gasteiger partial charge >= 0.3 is 0 Å². The summed E-state index contributed by atoms with van der Waals surface area (Å²) >= 11 is 1.67. The van der Waals surface area contributed by atoms with Crippen molar-refractivity contribution in [3.05, 3.63) is 88.9 Å². The summed E-state index contributed by atoms with van der Waals surface area (Å²) in [6.45, 7) is 1.74. The minimum atomic E-state index is -0.524. The number of ether oxygens (including phenoxy) is 1. The Morgan fingerprint density at radius 1 is 1.03 bits per heavy atom. The molecule has 0 amide bonds. The third-order valence-corrected chi connectivity index (χ3v) is 5.77. The van der Waals surface area contributed by atoms with Crippen LogP contribution < -0.4 is 10.1 Å². The minimum absolute atomic E-state index is 0.516. The van der Waals surface area contributed by atoms with Crippen molar-refractivity contribution in [2.45, 2.75) is 13.0 Å². The average molecular weight is 430 g/mol. The third kappa shape index (κ3) is 5.36. The molecule has 0 bridgehead atoms. The van der Waals surface area contributed by atoms with Crippen LogP contribution in [0.4, 0.5) is 11.6 Å². The highest BCUT2D eigenvalue weighted by molar-refractivity contribution is 7.16. The standard InChI is InChI=1S/C25H23N3O2S/c1-17(29)19-6-4-7-20(16-19)27-25-26-14-13-23(28-25)24-12-11-22(31-24)10-9-18-5-3-8-21(15-18)30-2/h3-17,29H,1-2H3,(H,26,27,28). The second-order valence-corrected chi connectivity index (χ2v) is 8.12.